The van der Waals surface area contributed by atoms with Crippen LogP contribution in [0.15, 0.2) is 0 Å². The van der Waals surface area contributed by atoms with E-state index in [1.54, 1.807) is 0 Å². The van der Waals surface area contributed by atoms with Gasteiger partial charge in [0.2, 0.25) is 5.79 Å². The van der Waals surface area contributed by atoms with Crippen molar-refractivity contribution < 1.29 is 29.2 Å². The van der Waals surface area contributed by atoms with Crippen molar-refractivity contribution in [1.82, 2.24) is 0 Å². The lowest BCUT2D eigenvalue weighted by molar-refractivity contribution is -0.374. The lowest BCUT2D eigenvalue weighted by atomic mass is 10.2. The number of aliphatic hydroxyl groups excluding tert-OH is 2. The first-order valence-electron chi connectivity index (χ1n) is 5.01. The van der Waals surface area contributed by atoms with Gasteiger partial charge in [-0.15, -0.1) is 0 Å². The first-order valence-corrected chi connectivity index (χ1v) is 5.01. The molecule has 88 valence electrons. The first kappa shape index (κ1) is 11.3. The summed E-state index contributed by atoms with van der Waals surface area (Å²) in [5, 5.41) is 18.0. The van der Waals surface area contributed by atoms with Gasteiger partial charge in [0, 0.05) is 0 Å². The summed E-state index contributed by atoms with van der Waals surface area (Å²) in [6.07, 6.45) is -0.778. The zero-order valence-electron chi connectivity index (χ0n) is 8.42. The molecule has 15 heavy (non-hydrogen) atoms. The van der Waals surface area contributed by atoms with Crippen molar-refractivity contribution >= 4 is 0 Å². The molecule has 2 aliphatic heterocycles. The third-order valence-electron chi connectivity index (χ3n) is 2.42. The molecule has 2 heterocycles. The Morgan fingerprint density at radius 1 is 0.933 bits per heavy atom. The smallest absolute Gasteiger partial charge is 0.216 e. The quantitative estimate of drug-likeness (QED) is 0.589. The fourth-order valence-electron chi connectivity index (χ4n) is 1.75. The molecule has 0 bridgehead atoms. The Hall–Kier alpha value is -0.240. The van der Waals surface area contributed by atoms with Crippen molar-refractivity contribution in [3.8, 4) is 0 Å². The SMILES string of the molecule is OC[C@@H]1COCC2(COC[C@H](CO)O2)O1. The van der Waals surface area contributed by atoms with Gasteiger partial charge >= 0.3 is 0 Å². The largest absolute Gasteiger partial charge is 0.394 e. The zero-order valence-corrected chi connectivity index (χ0v) is 8.42. The minimum atomic E-state index is -0.961. The number of rotatable bonds is 2. The number of ether oxygens (including phenoxy) is 4. The molecule has 6 heteroatoms. The van der Waals surface area contributed by atoms with E-state index in [1.165, 1.54) is 0 Å². The average molecular weight is 220 g/mol. The molecule has 1 spiro atoms. The Bertz CT molecular complexity index is 187. The van der Waals surface area contributed by atoms with Gasteiger partial charge in [-0.1, -0.05) is 0 Å². The number of hydrogen-bond acceptors (Lipinski definition) is 6. The first-order chi connectivity index (χ1) is 7.28. The Labute approximate surface area is 87.7 Å². The minimum absolute atomic E-state index is 0.116. The standard InChI is InChI=1S/C9H16O6/c10-1-7-3-12-5-9(14-7)6-13-4-8(2-11)15-9/h7-8,10-11H,1-6H2/t7-,8+,9?. The molecule has 2 fully saturated rings. The summed E-state index contributed by atoms with van der Waals surface area (Å²) < 4.78 is 21.7. The van der Waals surface area contributed by atoms with Crippen LogP contribution in [0.3, 0.4) is 0 Å². The molecule has 2 aliphatic rings. The van der Waals surface area contributed by atoms with E-state index in [2.05, 4.69) is 0 Å². The highest BCUT2D eigenvalue weighted by Crippen LogP contribution is 2.26. The lowest BCUT2D eigenvalue weighted by Crippen LogP contribution is -2.58. The van der Waals surface area contributed by atoms with E-state index in [9.17, 15) is 0 Å². The highest BCUT2D eigenvalue weighted by Gasteiger charge is 2.44. The van der Waals surface area contributed by atoms with Gasteiger partial charge in [-0.3, -0.25) is 0 Å². The van der Waals surface area contributed by atoms with E-state index >= 15 is 0 Å². The predicted octanol–water partition coefficient (Wildman–Crippen LogP) is -1.50. The van der Waals surface area contributed by atoms with Gasteiger partial charge in [-0.2, -0.15) is 0 Å². The normalized spacial score (nSPS) is 42.0. The van der Waals surface area contributed by atoms with Crippen molar-refractivity contribution in [3.05, 3.63) is 0 Å². The summed E-state index contributed by atoms with van der Waals surface area (Å²) in [6.45, 7) is 1.00. The molecule has 3 atom stereocenters. The molecular weight excluding hydrogens is 204 g/mol. The van der Waals surface area contributed by atoms with Crippen molar-refractivity contribution in [1.29, 1.82) is 0 Å². The summed E-state index contributed by atoms with van der Waals surface area (Å²) in [5.74, 6) is -0.961. The van der Waals surface area contributed by atoms with Crippen LogP contribution in [0.5, 0.6) is 0 Å². The highest BCUT2D eigenvalue weighted by molar-refractivity contribution is 4.81. The fraction of sp³-hybridized carbons (Fsp3) is 1.00. The molecule has 0 aromatic rings. The Kier molecular flexibility index (Phi) is 3.55. The van der Waals surface area contributed by atoms with Crippen molar-refractivity contribution in [2.45, 2.75) is 18.0 Å². The van der Waals surface area contributed by atoms with Crippen LogP contribution in [0, 0.1) is 0 Å². The van der Waals surface area contributed by atoms with Gasteiger partial charge in [0.05, 0.1) is 26.4 Å². The van der Waals surface area contributed by atoms with Crippen molar-refractivity contribution in [3.63, 3.8) is 0 Å². The summed E-state index contributed by atoms with van der Waals surface area (Å²) in [5.41, 5.74) is 0. The lowest BCUT2D eigenvalue weighted by Gasteiger charge is -2.44. The topological polar surface area (TPSA) is 77.4 Å². The van der Waals surface area contributed by atoms with Crippen LogP contribution < -0.4 is 0 Å². The minimum Gasteiger partial charge on any atom is -0.394 e. The average Bonchev–Trinajstić information content (AvgIpc) is 2.29. The van der Waals surface area contributed by atoms with Gasteiger partial charge in [0.25, 0.3) is 0 Å². The molecular formula is C9H16O6. The van der Waals surface area contributed by atoms with E-state index < -0.39 is 5.79 Å². The van der Waals surface area contributed by atoms with Crippen LogP contribution in [0.1, 0.15) is 0 Å². The predicted molar refractivity (Wildman–Crippen MR) is 48.3 cm³/mol. The van der Waals surface area contributed by atoms with Gasteiger partial charge in [-0.05, 0) is 0 Å². The van der Waals surface area contributed by atoms with E-state index in [-0.39, 0.29) is 38.6 Å². The third kappa shape index (κ3) is 2.47. The van der Waals surface area contributed by atoms with E-state index in [0.29, 0.717) is 13.2 Å². The zero-order chi connectivity index (χ0) is 10.7. The fourth-order valence-corrected chi connectivity index (χ4v) is 1.75. The Balaban J connectivity index is 1.98. The summed E-state index contributed by atoms with van der Waals surface area (Å²) in [7, 11) is 0. The van der Waals surface area contributed by atoms with Crippen LogP contribution >= 0.6 is 0 Å². The Morgan fingerprint density at radius 2 is 1.40 bits per heavy atom. The molecule has 2 N–H and O–H groups in total. The molecule has 0 radical (unpaired) electrons. The van der Waals surface area contributed by atoms with Crippen LogP contribution in [0.25, 0.3) is 0 Å². The van der Waals surface area contributed by atoms with E-state index in [4.69, 9.17) is 29.2 Å². The second kappa shape index (κ2) is 4.73. The molecule has 0 aromatic heterocycles. The molecule has 2 rings (SSSR count). The molecule has 0 amide bonds. The van der Waals surface area contributed by atoms with Crippen LogP contribution in [0.2, 0.25) is 0 Å². The van der Waals surface area contributed by atoms with E-state index in [0.717, 1.165) is 0 Å². The molecule has 1 unspecified atom stereocenters. The molecule has 2 saturated heterocycles. The Morgan fingerprint density at radius 3 is 1.80 bits per heavy atom. The van der Waals surface area contributed by atoms with Crippen molar-refractivity contribution in [2.24, 2.45) is 0 Å². The van der Waals surface area contributed by atoms with Crippen LogP contribution in [-0.4, -0.2) is 67.8 Å². The van der Waals surface area contributed by atoms with E-state index in [1.807, 2.05) is 0 Å². The second-order valence-corrected chi connectivity index (χ2v) is 3.79. The van der Waals surface area contributed by atoms with Gasteiger partial charge in [0.1, 0.15) is 25.4 Å². The van der Waals surface area contributed by atoms with Gasteiger partial charge in [-0.25, -0.2) is 0 Å². The van der Waals surface area contributed by atoms with Gasteiger partial charge < -0.3 is 29.2 Å². The number of hydrogen-bond donors (Lipinski definition) is 2. The third-order valence-corrected chi connectivity index (χ3v) is 2.42. The van der Waals surface area contributed by atoms with Crippen LogP contribution in [0.4, 0.5) is 0 Å². The van der Waals surface area contributed by atoms with Crippen molar-refractivity contribution in [2.75, 3.05) is 39.6 Å². The summed E-state index contributed by atoms with van der Waals surface area (Å²) in [6, 6.07) is 0. The highest BCUT2D eigenvalue weighted by atomic mass is 16.8. The monoisotopic (exact) mass is 220 g/mol. The van der Waals surface area contributed by atoms with Gasteiger partial charge in [0.15, 0.2) is 0 Å². The maximum atomic E-state index is 8.98. The molecule has 0 aliphatic carbocycles. The maximum Gasteiger partial charge on any atom is 0.216 e. The van der Waals surface area contributed by atoms with Crippen LogP contribution in [-0.2, 0) is 18.9 Å². The molecule has 6 nitrogen and oxygen atoms in total. The maximum absolute atomic E-state index is 8.98. The molecule has 0 aromatic carbocycles. The molecule has 0 saturated carbocycles. The summed E-state index contributed by atoms with van der Waals surface area (Å²) >= 11 is 0. The second-order valence-electron chi connectivity index (χ2n) is 3.79. The summed E-state index contributed by atoms with van der Waals surface area (Å²) in [4.78, 5) is 0. The number of aliphatic hydroxyl groups is 2.